The van der Waals surface area contributed by atoms with Crippen LogP contribution in [0.4, 0.5) is 11.4 Å². The molecule has 1 aliphatic rings. The van der Waals surface area contributed by atoms with E-state index in [0.29, 0.717) is 10.6 Å². The van der Waals surface area contributed by atoms with Crippen molar-refractivity contribution >= 4 is 40.8 Å². The molecule has 3 aromatic rings. The molecule has 1 fully saturated rings. The first-order valence-electron chi connectivity index (χ1n) is 9.58. The molecule has 1 atom stereocenters. The normalized spacial score (nSPS) is 16.0. The molecule has 4 rings (SSSR count). The summed E-state index contributed by atoms with van der Waals surface area (Å²) in [5, 5.41) is 21.9. The Morgan fingerprint density at radius 2 is 2.07 bits per heavy atom. The molecule has 1 unspecified atom stereocenters. The molecule has 1 saturated heterocycles. The SMILES string of the molecule is CC(C(=O)Nc1ccccc1N1CCC(O)CC1)n1c(-c2cccs2)n[nH]c1=S. The number of nitrogens with zero attached hydrogens (tertiary/aromatic N) is 3. The van der Waals surface area contributed by atoms with Gasteiger partial charge in [-0.25, -0.2) is 0 Å². The number of anilines is 2. The van der Waals surface area contributed by atoms with Crippen LogP contribution in [-0.2, 0) is 4.79 Å². The van der Waals surface area contributed by atoms with Crippen molar-refractivity contribution in [2.75, 3.05) is 23.3 Å². The summed E-state index contributed by atoms with van der Waals surface area (Å²) in [6.07, 6.45) is 1.21. The van der Waals surface area contributed by atoms with Gasteiger partial charge >= 0.3 is 0 Å². The molecule has 1 aromatic carbocycles. The Hall–Kier alpha value is -2.49. The van der Waals surface area contributed by atoms with Gasteiger partial charge in [-0.1, -0.05) is 18.2 Å². The minimum absolute atomic E-state index is 0.162. The lowest BCUT2D eigenvalue weighted by Crippen LogP contribution is -2.36. The van der Waals surface area contributed by atoms with Gasteiger partial charge in [0.05, 0.1) is 22.4 Å². The monoisotopic (exact) mass is 429 g/mol. The Morgan fingerprint density at radius 3 is 2.79 bits per heavy atom. The van der Waals surface area contributed by atoms with E-state index in [0.717, 1.165) is 42.2 Å². The van der Waals surface area contributed by atoms with Crippen LogP contribution in [0.2, 0.25) is 0 Å². The number of aliphatic hydroxyl groups is 1. The van der Waals surface area contributed by atoms with Crippen molar-refractivity contribution in [1.29, 1.82) is 0 Å². The molecule has 0 radical (unpaired) electrons. The van der Waals surface area contributed by atoms with Crippen molar-refractivity contribution in [3.8, 4) is 10.7 Å². The van der Waals surface area contributed by atoms with Gasteiger partial charge in [0.2, 0.25) is 5.91 Å². The number of H-pyrrole nitrogens is 1. The maximum absolute atomic E-state index is 13.1. The van der Waals surface area contributed by atoms with Gasteiger partial charge in [-0.3, -0.25) is 14.5 Å². The minimum atomic E-state index is -0.533. The van der Waals surface area contributed by atoms with Crippen LogP contribution in [0.5, 0.6) is 0 Å². The molecule has 0 saturated carbocycles. The van der Waals surface area contributed by atoms with Crippen molar-refractivity contribution in [3.05, 3.63) is 46.5 Å². The summed E-state index contributed by atoms with van der Waals surface area (Å²) in [5.74, 6) is 0.496. The zero-order valence-electron chi connectivity index (χ0n) is 16.0. The van der Waals surface area contributed by atoms with Crippen LogP contribution in [0.3, 0.4) is 0 Å². The minimum Gasteiger partial charge on any atom is -0.393 e. The van der Waals surface area contributed by atoms with E-state index in [1.807, 2.05) is 48.7 Å². The van der Waals surface area contributed by atoms with E-state index in [-0.39, 0.29) is 12.0 Å². The molecular weight excluding hydrogens is 406 g/mol. The smallest absolute Gasteiger partial charge is 0.247 e. The Balaban J connectivity index is 1.57. The van der Waals surface area contributed by atoms with Crippen molar-refractivity contribution < 1.29 is 9.90 Å². The summed E-state index contributed by atoms with van der Waals surface area (Å²) in [4.78, 5) is 16.2. The van der Waals surface area contributed by atoms with Gasteiger partial charge in [-0.05, 0) is 55.6 Å². The Bertz CT molecular complexity index is 1040. The van der Waals surface area contributed by atoms with E-state index >= 15 is 0 Å². The lowest BCUT2D eigenvalue weighted by atomic mass is 10.1. The predicted octanol–water partition coefficient (Wildman–Crippen LogP) is 3.83. The van der Waals surface area contributed by atoms with Crippen molar-refractivity contribution in [3.63, 3.8) is 0 Å². The van der Waals surface area contributed by atoms with E-state index in [4.69, 9.17) is 12.2 Å². The van der Waals surface area contributed by atoms with Crippen molar-refractivity contribution in [2.45, 2.75) is 31.9 Å². The van der Waals surface area contributed by atoms with Gasteiger partial charge in [-0.15, -0.1) is 11.3 Å². The lowest BCUT2D eigenvalue weighted by molar-refractivity contribution is -0.118. The molecule has 3 heterocycles. The maximum Gasteiger partial charge on any atom is 0.247 e. The van der Waals surface area contributed by atoms with Crippen LogP contribution in [0, 0.1) is 4.77 Å². The summed E-state index contributed by atoms with van der Waals surface area (Å²) in [6, 6.07) is 11.1. The number of hydrogen-bond acceptors (Lipinski definition) is 6. The van der Waals surface area contributed by atoms with Gasteiger partial charge in [0.25, 0.3) is 0 Å². The molecule has 29 heavy (non-hydrogen) atoms. The molecule has 0 bridgehead atoms. The van der Waals surface area contributed by atoms with Crippen LogP contribution < -0.4 is 10.2 Å². The van der Waals surface area contributed by atoms with Crippen molar-refractivity contribution in [1.82, 2.24) is 14.8 Å². The first-order chi connectivity index (χ1) is 14.0. The second kappa shape index (κ2) is 8.48. The number of benzene rings is 1. The molecule has 3 N–H and O–H groups in total. The number of para-hydroxylation sites is 2. The summed E-state index contributed by atoms with van der Waals surface area (Å²) in [7, 11) is 0. The molecule has 0 aliphatic carbocycles. The Morgan fingerprint density at radius 1 is 1.31 bits per heavy atom. The number of aromatic nitrogens is 3. The number of thiophene rings is 1. The summed E-state index contributed by atoms with van der Waals surface area (Å²) < 4.78 is 2.16. The predicted molar refractivity (Wildman–Crippen MR) is 118 cm³/mol. The molecule has 1 aliphatic heterocycles. The van der Waals surface area contributed by atoms with Gasteiger partial charge in [0.1, 0.15) is 6.04 Å². The van der Waals surface area contributed by atoms with Crippen LogP contribution in [0.15, 0.2) is 41.8 Å². The van der Waals surface area contributed by atoms with Crippen LogP contribution >= 0.6 is 23.6 Å². The Kier molecular flexibility index (Phi) is 5.79. The second-order valence-electron chi connectivity index (χ2n) is 7.10. The van der Waals surface area contributed by atoms with Crippen LogP contribution in [0.25, 0.3) is 10.7 Å². The second-order valence-corrected chi connectivity index (χ2v) is 8.43. The fourth-order valence-electron chi connectivity index (χ4n) is 3.56. The van der Waals surface area contributed by atoms with Crippen molar-refractivity contribution in [2.24, 2.45) is 0 Å². The number of hydrogen-bond donors (Lipinski definition) is 3. The fourth-order valence-corrected chi connectivity index (χ4v) is 4.56. The first kappa shape index (κ1) is 19.8. The number of rotatable bonds is 5. The highest BCUT2D eigenvalue weighted by atomic mass is 32.1. The molecular formula is C20H23N5O2S2. The van der Waals surface area contributed by atoms with Gasteiger partial charge in [-0.2, -0.15) is 5.10 Å². The molecule has 7 nitrogen and oxygen atoms in total. The van der Waals surface area contributed by atoms with Gasteiger partial charge < -0.3 is 15.3 Å². The van der Waals surface area contributed by atoms with Gasteiger partial charge in [0.15, 0.2) is 10.6 Å². The maximum atomic E-state index is 13.1. The highest BCUT2D eigenvalue weighted by Gasteiger charge is 2.24. The topological polar surface area (TPSA) is 86.2 Å². The number of aromatic amines is 1. The number of nitrogens with one attached hydrogen (secondary N) is 2. The number of aliphatic hydroxyl groups excluding tert-OH is 1. The van der Waals surface area contributed by atoms with E-state index in [1.54, 1.807) is 15.9 Å². The zero-order chi connectivity index (χ0) is 20.4. The average Bonchev–Trinajstić information content (AvgIpc) is 3.38. The van der Waals surface area contributed by atoms with E-state index in [1.165, 1.54) is 0 Å². The standard InChI is InChI=1S/C20H23N5O2S2/c1-13(25-18(22-23-20(25)28)17-7-4-12-29-17)19(27)21-15-5-2-3-6-16(15)24-10-8-14(26)9-11-24/h2-7,12-14,26H,8-11H2,1H3,(H,21,27)(H,23,28). The number of carbonyl (C=O) groups is 1. The zero-order valence-corrected chi connectivity index (χ0v) is 17.7. The molecule has 0 spiro atoms. The summed E-state index contributed by atoms with van der Waals surface area (Å²) >= 11 is 6.93. The summed E-state index contributed by atoms with van der Waals surface area (Å²) in [6.45, 7) is 3.34. The van der Waals surface area contributed by atoms with Crippen LogP contribution in [0.1, 0.15) is 25.8 Å². The third-order valence-corrected chi connectivity index (χ3v) is 6.33. The lowest BCUT2D eigenvalue weighted by Gasteiger charge is -2.33. The Labute approximate surface area is 178 Å². The third-order valence-electron chi connectivity index (χ3n) is 5.18. The number of amides is 1. The quantitative estimate of drug-likeness (QED) is 0.537. The third kappa shape index (κ3) is 4.12. The number of carbonyl (C=O) groups excluding carboxylic acids is 1. The highest BCUT2D eigenvalue weighted by Crippen LogP contribution is 2.30. The summed E-state index contributed by atoms with van der Waals surface area (Å²) in [5.41, 5.74) is 1.72. The van der Waals surface area contributed by atoms with E-state index < -0.39 is 6.04 Å². The largest absolute Gasteiger partial charge is 0.393 e. The van der Waals surface area contributed by atoms with Crippen LogP contribution in [-0.4, -0.2) is 45.0 Å². The van der Waals surface area contributed by atoms with E-state index in [9.17, 15) is 9.90 Å². The molecule has 1 amide bonds. The number of piperidine rings is 1. The highest BCUT2D eigenvalue weighted by molar-refractivity contribution is 7.71. The average molecular weight is 430 g/mol. The first-order valence-corrected chi connectivity index (χ1v) is 10.9. The molecule has 9 heteroatoms. The molecule has 152 valence electrons. The fraction of sp³-hybridized carbons (Fsp3) is 0.350. The van der Waals surface area contributed by atoms with Gasteiger partial charge in [0, 0.05) is 13.1 Å². The van der Waals surface area contributed by atoms with E-state index in [2.05, 4.69) is 20.4 Å². The molecule has 2 aromatic heterocycles.